The molecule has 2 aromatic carbocycles. The minimum atomic E-state index is 0.179. The molecule has 1 nitrogen and oxygen atoms in total. The first-order valence-electron chi connectivity index (χ1n) is 5.44. The van der Waals surface area contributed by atoms with Gasteiger partial charge in [0.1, 0.15) is 0 Å². The van der Waals surface area contributed by atoms with Crippen LogP contribution < -0.4 is 0 Å². The van der Waals surface area contributed by atoms with E-state index >= 15 is 0 Å². The predicted molar refractivity (Wildman–Crippen MR) is 66.5 cm³/mol. The van der Waals surface area contributed by atoms with Gasteiger partial charge < -0.3 is 0 Å². The summed E-state index contributed by atoms with van der Waals surface area (Å²) in [7, 11) is 0. The van der Waals surface area contributed by atoms with Crippen LogP contribution in [-0.2, 0) is 0 Å². The van der Waals surface area contributed by atoms with Gasteiger partial charge >= 0.3 is 0 Å². The van der Waals surface area contributed by atoms with Gasteiger partial charge in [-0.15, -0.1) is 0 Å². The average Bonchev–Trinajstić information content (AvgIpc) is 2.52. The van der Waals surface area contributed by atoms with Crippen LogP contribution in [0.2, 0.25) is 0 Å². The number of allylic oxidation sites excluding steroid dienone is 2. The number of rotatable bonds is 0. The molecule has 1 aliphatic carbocycles. The predicted octanol–water partition coefficient (Wildman–Crippen LogP) is 3.83. The molecule has 0 amide bonds. The molecule has 3 rings (SSSR count). The molecule has 1 aliphatic rings. The molecule has 0 N–H and O–H groups in total. The summed E-state index contributed by atoms with van der Waals surface area (Å²) < 4.78 is 0. The molecule has 0 fully saturated rings. The van der Waals surface area contributed by atoms with Gasteiger partial charge in [0.05, 0.1) is 0 Å². The third-order valence-electron chi connectivity index (χ3n) is 3.44. The number of carbonyl (C=O) groups excluding carboxylic acids is 1. The van der Waals surface area contributed by atoms with E-state index in [1.165, 1.54) is 5.39 Å². The highest BCUT2D eigenvalue weighted by atomic mass is 16.1. The molecule has 0 atom stereocenters. The van der Waals surface area contributed by atoms with Crippen LogP contribution in [-0.4, -0.2) is 5.78 Å². The minimum Gasteiger partial charge on any atom is -0.289 e. The quantitative estimate of drug-likeness (QED) is 0.643. The Bertz CT molecular complexity index is 648. The lowest BCUT2D eigenvalue weighted by Gasteiger charge is -2.03. The number of fused-ring (bicyclic) bond motifs is 2. The van der Waals surface area contributed by atoms with Crippen LogP contribution in [0.5, 0.6) is 0 Å². The molecule has 16 heavy (non-hydrogen) atoms. The zero-order valence-corrected chi connectivity index (χ0v) is 9.37. The van der Waals surface area contributed by atoms with Crippen LogP contribution in [0.25, 0.3) is 16.3 Å². The Morgan fingerprint density at radius 3 is 2.00 bits per heavy atom. The standard InChI is InChI=1S/C15H12O/c1-9-10(2)15(16)14-8-12-6-4-3-5-11(12)7-13(9)14/h3-8H,1-2H3. The average molecular weight is 208 g/mol. The molecule has 0 spiro atoms. The lowest BCUT2D eigenvalue weighted by molar-refractivity contribution is 0.103. The van der Waals surface area contributed by atoms with Gasteiger partial charge in [0.2, 0.25) is 0 Å². The van der Waals surface area contributed by atoms with Gasteiger partial charge in [0, 0.05) is 11.1 Å². The number of ketones is 1. The molecule has 78 valence electrons. The van der Waals surface area contributed by atoms with Crippen LogP contribution in [0, 0.1) is 0 Å². The van der Waals surface area contributed by atoms with E-state index in [1.54, 1.807) is 0 Å². The van der Waals surface area contributed by atoms with Crippen molar-refractivity contribution in [1.82, 2.24) is 0 Å². The first-order valence-corrected chi connectivity index (χ1v) is 5.44. The molecular formula is C15H12O. The maximum absolute atomic E-state index is 12.0. The number of carbonyl (C=O) groups is 1. The molecule has 0 heterocycles. The molecule has 0 unspecified atom stereocenters. The summed E-state index contributed by atoms with van der Waals surface area (Å²) in [5, 5.41) is 2.33. The van der Waals surface area contributed by atoms with Gasteiger partial charge in [-0.1, -0.05) is 24.3 Å². The van der Waals surface area contributed by atoms with Crippen LogP contribution in [0.1, 0.15) is 29.8 Å². The SMILES string of the molecule is CC1=C(C)c2cc3ccccc3cc2C1=O. The Hall–Kier alpha value is -1.89. The smallest absolute Gasteiger partial charge is 0.189 e. The third kappa shape index (κ3) is 1.09. The van der Waals surface area contributed by atoms with Crippen molar-refractivity contribution in [2.75, 3.05) is 0 Å². The van der Waals surface area contributed by atoms with Gasteiger partial charge in [-0.25, -0.2) is 0 Å². The fourth-order valence-corrected chi connectivity index (χ4v) is 2.31. The summed E-state index contributed by atoms with van der Waals surface area (Å²) in [6.45, 7) is 3.93. The van der Waals surface area contributed by atoms with Crippen molar-refractivity contribution < 1.29 is 4.79 Å². The van der Waals surface area contributed by atoms with Crippen molar-refractivity contribution in [2.24, 2.45) is 0 Å². The molecule has 0 radical (unpaired) electrons. The fourth-order valence-electron chi connectivity index (χ4n) is 2.31. The van der Waals surface area contributed by atoms with Crippen molar-refractivity contribution in [3.8, 4) is 0 Å². The Morgan fingerprint density at radius 1 is 0.812 bits per heavy atom. The Balaban J connectivity index is 2.40. The van der Waals surface area contributed by atoms with Crippen LogP contribution in [0.3, 0.4) is 0 Å². The van der Waals surface area contributed by atoms with E-state index in [0.29, 0.717) is 0 Å². The number of hydrogen-bond acceptors (Lipinski definition) is 1. The summed E-state index contributed by atoms with van der Waals surface area (Å²) in [5.74, 6) is 0.179. The summed E-state index contributed by atoms with van der Waals surface area (Å²) in [6, 6.07) is 12.3. The Kier molecular flexibility index (Phi) is 1.78. The monoisotopic (exact) mass is 208 g/mol. The van der Waals surface area contributed by atoms with E-state index in [2.05, 4.69) is 12.1 Å². The van der Waals surface area contributed by atoms with Crippen LogP contribution in [0.4, 0.5) is 0 Å². The van der Waals surface area contributed by atoms with E-state index in [-0.39, 0.29) is 5.78 Å². The van der Waals surface area contributed by atoms with Crippen LogP contribution in [0.15, 0.2) is 42.0 Å². The van der Waals surface area contributed by atoms with Crippen molar-refractivity contribution in [1.29, 1.82) is 0 Å². The largest absolute Gasteiger partial charge is 0.289 e. The molecule has 1 heteroatoms. The highest BCUT2D eigenvalue weighted by Gasteiger charge is 2.24. The third-order valence-corrected chi connectivity index (χ3v) is 3.44. The van der Waals surface area contributed by atoms with Crippen molar-refractivity contribution in [3.05, 3.63) is 53.1 Å². The summed E-state index contributed by atoms with van der Waals surface area (Å²) >= 11 is 0. The lowest BCUT2D eigenvalue weighted by Crippen LogP contribution is -1.95. The van der Waals surface area contributed by atoms with Gasteiger partial charge in [-0.2, -0.15) is 0 Å². The van der Waals surface area contributed by atoms with E-state index < -0.39 is 0 Å². The zero-order chi connectivity index (χ0) is 11.3. The minimum absolute atomic E-state index is 0.179. The van der Waals surface area contributed by atoms with Gasteiger partial charge in [-0.3, -0.25) is 4.79 Å². The second-order valence-electron chi connectivity index (χ2n) is 4.32. The summed E-state index contributed by atoms with van der Waals surface area (Å²) in [4.78, 5) is 12.0. The Labute approximate surface area is 94.4 Å². The number of hydrogen-bond donors (Lipinski definition) is 0. The summed E-state index contributed by atoms with van der Waals surface area (Å²) in [6.07, 6.45) is 0. The molecule has 0 saturated heterocycles. The van der Waals surface area contributed by atoms with Gasteiger partial charge in [0.25, 0.3) is 0 Å². The van der Waals surface area contributed by atoms with Crippen molar-refractivity contribution in [2.45, 2.75) is 13.8 Å². The van der Waals surface area contributed by atoms with Gasteiger partial charge in [0.15, 0.2) is 5.78 Å². The summed E-state index contributed by atoms with van der Waals surface area (Å²) in [5.41, 5.74) is 3.95. The van der Waals surface area contributed by atoms with E-state index in [4.69, 9.17) is 0 Å². The molecular weight excluding hydrogens is 196 g/mol. The van der Waals surface area contributed by atoms with E-state index in [1.807, 2.05) is 38.1 Å². The first-order chi connectivity index (χ1) is 7.68. The second kappa shape index (κ2) is 3.05. The molecule has 2 aromatic rings. The highest BCUT2D eigenvalue weighted by Crippen LogP contribution is 2.34. The number of benzene rings is 2. The fraction of sp³-hybridized carbons (Fsp3) is 0.133. The zero-order valence-electron chi connectivity index (χ0n) is 9.37. The first kappa shape index (κ1) is 9.34. The molecule has 0 aliphatic heterocycles. The highest BCUT2D eigenvalue weighted by molar-refractivity contribution is 6.21. The van der Waals surface area contributed by atoms with Gasteiger partial charge in [-0.05, 0) is 47.9 Å². The normalized spacial score (nSPS) is 14.8. The molecule has 0 aromatic heterocycles. The van der Waals surface area contributed by atoms with Crippen molar-refractivity contribution in [3.63, 3.8) is 0 Å². The maximum atomic E-state index is 12.0. The molecule has 0 saturated carbocycles. The van der Waals surface area contributed by atoms with E-state index in [9.17, 15) is 4.79 Å². The topological polar surface area (TPSA) is 17.1 Å². The van der Waals surface area contributed by atoms with Crippen LogP contribution >= 0.6 is 0 Å². The molecule has 0 bridgehead atoms. The van der Waals surface area contributed by atoms with Crippen molar-refractivity contribution >= 4 is 22.1 Å². The number of Topliss-reactive ketones (excluding diaryl/α,β-unsaturated/α-hetero) is 1. The Morgan fingerprint density at radius 2 is 1.38 bits per heavy atom. The maximum Gasteiger partial charge on any atom is 0.189 e. The lowest BCUT2D eigenvalue weighted by atomic mass is 10.0. The van der Waals surface area contributed by atoms with E-state index in [0.717, 1.165) is 27.7 Å². The second-order valence-corrected chi connectivity index (χ2v) is 4.32.